The van der Waals surface area contributed by atoms with Crippen LogP contribution in [0.15, 0.2) is 12.2 Å². The van der Waals surface area contributed by atoms with Crippen molar-refractivity contribution in [1.82, 2.24) is 0 Å². The molecule has 4 nitrogen and oxygen atoms in total. The highest BCUT2D eigenvalue weighted by Crippen LogP contribution is 2.37. The first kappa shape index (κ1) is 20.0. The first-order chi connectivity index (χ1) is 9.49. The summed E-state index contributed by atoms with van der Waals surface area (Å²) in [6.45, 7) is 0. The molecule has 0 aliphatic rings. The van der Waals surface area contributed by atoms with Crippen LogP contribution in [0, 0.1) is 0 Å². The molecule has 0 atom stereocenters. The van der Waals surface area contributed by atoms with Crippen molar-refractivity contribution in [3.8, 4) is 0 Å². The predicted octanol–water partition coefficient (Wildman–Crippen LogP) is 2.94. The van der Waals surface area contributed by atoms with Crippen LogP contribution in [0.25, 0.3) is 0 Å². The Hall–Kier alpha value is -2.02. The van der Waals surface area contributed by atoms with Crippen molar-refractivity contribution < 1.29 is 63.0 Å². The molecule has 0 unspecified atom stereocenters. The lowest BCUT2D eigenvalue weighted by atomic mass is 10.5. The Morgan fingerprint density at radius 3 is 1.00 bits per heavy atom. The predicted molar refractivity (Wildman–Crippen MR) is 43.3 cm³/mol. The highest BCUT2D eigenvalue weighted by Gasteiger charge is 2.62. The number of hydrogen-bond donors (Lipinski definition) is 0. The van der Waals surface area contributed by atoms with Gasteiger partial charge in [-0.15, -0.1) is 0 Å². The second kappa shape index (κ2) is 6.00. The lowest BCUT2D eigenvalue weighted by Gasteiger charge is -2.18. The summed E-state index contributed by atoms with van der Waals surface area (Å²) in [6, 6.07) is 0. The van der Waals surface area contributed by atoms with Crippen LogP contribution in [0.5, 0.6) is 0 Å². The maximum Gasteiger partial charge on any atom is 0.501 e. The molecule has 0 aliphatic carbocycles. The van der Waals surface area contributed by atoms with Gasteiger partial charge in [0.05, 0.1) is 0 Å². The molecule has 128 valence electrons. The van der Waals surface area contributed by atoms with Crippen molar-refractivity contribution in [3.63, 3.8) is 0 Å². The van der Waals surface area contributed by atoms with Crippen molar-refractivity contribution in [2.45, 2.75) is 24.6 Å². The van der Waals surface area contributed by atoms with Crippen molar-refractivity contribution in [1.29, 1.82) is 0 Å². The average Bonchev–Trinajstić information content (AvgIpc) is 2.21. The Bertz CT molecular complexity index is 419. The standard InChI is InChI=1S/C8H2F10O4/c9-5(10,11)7(15,16)21-3(19)1-2-4(20)22-8(17,18)6(12,13)14/h1-2H/b2-1-. The van der Waals surface area contributed by atoms with Crippen molar-refractivity contribution in [2.24, 2.45) is 0 Å². The first-order valence-electron chi connectivity index (χ1n) is 4.53. The van der Waals surface area contributed by atoms with Gasteiger partial charge in [0.2, 0.25) is 0 Å². The molecule has 0 heterocycles. The largest absolute Gasteiger partial charge is 0.501 e. The summed E-state index contributed by atoms with van der Waals surface area (Å²) >= 11 is 0. The molecule has 14 heteroatoms. The molecule has 0 aliphatic heterocycles. The quantitative estimate of drug-likeness (QED) is 0.444. The Morgan fingerprint density at radius 1 is 0.591 bits per heavy atom. The third-order valence-electron chi connectivity index (χ3n) is 1.47. The van der Waals surface area contributed by atoms with Crippen LogP contribution in [0.4, 0.5) is 43.9 Å². The molecule has 0 aromatic rings. The van der Waals surface area contributed by atoms with E-state index in [1.807, 2.05) is 0 Å². The lowest BCUT2D eigenvalue weighted by Crippen LogP contribution is -2.41. The first-order valence-corrected chi connectivity index (χ1v) is 4.53. The summed E-state index contributed by atoms with van der Waals surface area (Å²) in [5.74, 6) is -5.09. The summed E-state index contributed by atoms with van der Waals surface area (Å²) in [6.07, 6.45) is -25.7. The maximum atomic E-state index is 12.1. The Labute approximate surface area is 113 Å². The monoisotopic (exact) mass is 352 g/mol. The summed E-state index contributed by atoms with van der Waals surface area (Å²) in [5, 5.41) is 0. The topological polar surface area (TPSA) is 52.6 Å². The zero-order valence-electron chi connectivity index (χ0n) is 9.57. The van der Waals surface area contributed by atoms with Crippen molar-refractivity contribution >= 4 is 11.9 Å². The zero-order chi connectivity index (χ0) is 18.0. The number of carbonyl (C=O) groups is 2. The van der Waals surface area contributed by atoms with E-state index in [0.29, 0.717) is 0 Å². The number of rotatable bonds is 4. The van der Waals surface area contributed by atoms with Gasteiger partial charge in [-0.2, -0.15) is 43.9 Å². The van der Waals surface area contributed by atoms with Gasteiger partial charge >= 0.3 is 36.5 Å². The van der Waals surface area contributed by atoms with Gasteiger partial charge < -0.3 is 9.47 Å². The van der Waals surface area contributed by atoms with Gasteiger partial charge in [0.25, 0.3) is 0 Å². The van der Waals surface area contributed by atoms with E-state index in [2.05, 4.69) is 9.47 Å². The number of esters is 2. The second-order valence-corrected chi connectivity index (χ2v) is 3.20. The molecule has 0 amide bonds. The SMILES string of the molecule is O=C(/C=C\C(=O)OC(F)(F)C(F)(F)F)OC(F)(F)C(F)(F)F. The number of halogens is 10. The highest BCUT2D eigenvalue weighted by molar-refractivity contribution is 5.91. The fourth-order valence-electron chi connectivity index (χ4n) is 0.573. The van der Waals surface area contributed by atoms with Crippen molar-refractivity contribution in [3.05, 3.63) is 12.2 Å². The second-order valence-electron chi connectivity index (χ2n) is 3.20. The molecule has 0 fully saturated rings. The number of hydrogen-bond acceptors (Lipinski definition) is 4. The Kier molecular flexibility index (Phi) is 5.45. The number of carbonyl (C=O) groups excluding carboxylic acids is 2. The van der Waals surface area contributed by atoms with E-state index in [1.165, 1.54) is 0 Å². The zero-order valence-corrected chi connectivity index (χ0v) is 9.57. The van der Waals surface area contributed by atoms with Gasteiger partial charge in [0, 0.05) is 12.2 Å². The normalized spacial score (nSPS) is 14.1. The summed E-state index contributed by atoms with van der Waals surface area (Å²) < 4.78 is 123. The molecule has 0 spiro atoms. The van der Waals surface area contributed by atoms with E-state index in [-0.39, 0.29) is 0 Å². The molecule has 22 heavy (non-hydrogen) atoms. The van der Waals surface area contributed by atoms with E-state index in [1.54, 1.807) is 0 Å². The molecular weight excluding hydrogens is 350 g/mol. The fourth-order valence-corrected chi connectivity index (χ4v) is 0.573. The number of ether oxygens (including phenoxy) is 2. The molecule has 0 rings (SSSR count). The minimum atomic E-state index is -6.31. The van der Waals surface area contributed by atoms with Crippen LogP contribution in [-0.2, 0) is 19.1 Å². The molecule has 0 N–H and O–H groups in total. The van der Waals surface area contributed by atoms with Gasteiger partial charge in [-0.05, 0) is 0 Å². The van der Waals surface area contributed by atoms with E-state index >= 15 is 0 Å². The summed E-state index contributed by atoms with van der Waals surface area (Å²) in [7, 11) is 0. The molecule has 0 aromatic heterocycles. The third kappa shape index (κ3) is 5.40. The van der Waals surface area contributed by atoms with Gasteiger partial charge in [0.15, 0.2) is 0 Å². The van der Waals surface area contributed by atoms with Crippen LogP contribution < -0.4 is 0 Å². The van der Waals surface area contributed by atoms with Gasteiger partial charge in [-0.3, -0.25) is 0 Å². The fraction of sp³-hybridized carbons (Fsp3) is 0.500. The van der Waals surface area contributed by atoms with Crippen LogP contribution in [0.3, 0.4) is 0 Å². The Morgan fingerprint density at radius 2 is 0.818 bits per heavy atom. The molecule has 0 aromatic carbocycles. The van der Waals surface area contributed by atoms with E-state index in [4.69, 9.17) is 0 Å². The van der Waals surface area contributed by atoms with E-state index in [0.717, 1.165) is 0 Å². The molecular formula is C8H2F10O4. The minimum Gasteiger partial charge on any atom is -0.391 e. The van der Waals surface area contributed by atoms with Crippen LogP contribution in [0.2, 0.25) is 0 Å². The van der Waals surface area contributed by atoms with Crippen LogP contribution in [-0.4, -0.2) is 36.5 Å². The maximum absolute atomic E-state index is 12.1. The van der Waals surface area contributed by atoms with E-state index in [9.17, 15) is 53.5 Å². The molecule has 0 saturated carbocycles. The van der Waals surface area contributed by atoms with Gasteiger partial charge in [-0.1, -0.05) is 0 Å². The molecule has 0 saturated heterocycles. The minimum absolute atomic E-state index is 0.561. The van der Waals surface area contributed by atoms with Crippen LogP contribution in [0.1, 0.15) is 0 Å². The molecule has 0 radical (unpaired) electrons. The third-order valence-corrected chi connectivity index (χ3v) is 1.47. The van der Waals surface area contributed by atoms with E-state index < -0.39 is 48.7 Å². The van der Waals surface area contributed by atoms with Gasteiger partial charge in [0.1, 0.15) is 0 Å². The Balaban J connectivity index is 4.75. The summed E-state index contributed by atoms with van der Waals surface area (Å²) in [5.41, 5.74) is 0. The van der Waals surface area contributed by atoms with Crippen molar-refractivity contribution in [2.75, 3.05) is 0 Å². The van der Waals surface area contributed by atoms with Crippen LogP contribution >= 0.6 is 0 Å². The summed E-state index contributed by atoms with van der Waals surface area (Å²) in [4.78, 5) is 20.9. The highest BCUT2D eigenvalue weighted by atomic mass is 19.4. The lowest BCUT2D eigenvalue weighted by molar-refractivity contribution is -0.375. The van der Waals surface area contributed by atoms with Gasteiger partial charge in [-0.25, -0.2) is 9.59 Å². The smallest absolute Gasteiger partial charge is 0.391 e. The average molecular weight is 352 g/mol. The number of alkyl halides is 10. The molecule has 0 bridgehead atoms.